The van der Waals surface area contributed by atoms with Gasteiger partial charge in [-0.3, -0.25) is 9.10 Å². The molecule has 0 bridgehead atoms. The summed E-state index contributed by atoms with van der Waals surface area (Å²) in [6.45, 7) is 7.64. The predicted octanol–water partition coefficient (Wildman–Crippen LogP) is 5.72. The van der Waals surface area contributed by atoms with Crippen molar-refractivity contribution < 1.29 is 13.2 Å². The first-order valence-corrected chi connectivity index (χ1v) is 13.0. The van der Waals surface area contributed by atoms with Gasteiger partial charge in [0.25, 0.3) is 10.0 Å². The molecule has 0 heterocycles. The van der Waals surface area contributed by atoms with Crippen molar-refractivity contribution in [3.63, 3.8) is 0 Å². The van der Waals surface area contributed by atoms with Gasteiger partial charge in [-0.15, -0.1) is 0 Å². The third kappa shape index (κ3) is 6.19. The number of carbonyl (C=O) groups excluding carboxylic acids is 1. The molecule has 0 saturated carbocycles. The summed E-state index contributed by atoms with van der Waals surface area (Å²) in [4.78, 5) is 13.2. The van der Waals surface area contributed by atoms with Crippen molar-refractivity contribution in [2.24, 2.45) is 0 Å². The second-order valence-corrected chi connectivity index (χ2v) is 11.5. The van der Waals surface area contributed by atoms with E-state index in [-0.39, 0.29) is 28.8 Å². The molecule has 3 aromatic carbocycles. The zero-order valence-corrected chi connectivity index (χ0v) is 21.5. The Balaban J connectivity index is 1.84. The van der Waals surface area contributed by atoms with E-state index in [2.05, 4.69) is 31.3 Å². The Morgan fingerprint density at radius 1 is 1.00 bits per heavy atom. The summed E-state index contributed by atoms with van der Waals surface area (Å²) in [6.07, 6.45) is 0.699. The van der Waals surface area contributed by atoms with E-state index in [0.29, 0.717) is 22.7 Å². The van der Waals surface area contributed by atoms with Crippen molar-refractivity contribution in [1.82, 2.24) is 5.32 Å². The minimum atomic E-state index is -3.99. The fourth-order valence-corrected chi connectivity index (χ4v) is 5.81. The van der Waals surface area contributed by atoms with Crippen molar-refractivity contribution in [2.75, 3.05) is 10.8 Å². The highest BCUT2D eigenvalue weighted by Crippen LogP contribution is 2.30. The smallest absolute Gasteiger partial charge is 0.264 e. The quantitative estimate of drug-likeness (QED) is 0.410. The molecule has 0 saturated heterocycles. The summed E-state index contributed by atoms with van der Waals surface area (Å²) < 4.78 is 28.2. The fourth-order valence-electron chi connectivity index (χ4n) is 4.15. The average molecular weight is 499 g/mol. The first kappa shape index (κ1) is 25.8. The molecule has 180 valence electrons. The van der Waals surface area contributed by atoms with Gasteiger partial charge in [-0.05, 0) is 61.1 Å². The van der Waals surface area contributed by atoms with Crippen LogP contribution in [0.5, 0.6) is 0 Å². The van der Waals surface area contributed by atoms with Gasteiger partial charge in [-0.1, -0.05) is 80.0 Å². The van der Waals surface area contributed by atoms with Crippen LogP contribution in [0.4, 0.5) is 5.69 Å². The summed E-state index contributed by atoms with van der Waals surface area (Å²) in [6, 6.07) is 23.1. The van der Waals surface area contributed by atoms with Gasteiger partial charge in [0, 0.05) is 11.1 Å². The lowest BCUT2D eigenvalue weighted by atomic mass is 9.79. The largest absolute Gasteiger partial charge is 0.352 e. The number of benzene rings is 3. The second kappa shape index (κ2) is 10.6. The van der Waals surface area contributed by atoms with Crippen LogP contribution < -0.4 is 9.62 Å². The number of sulfonamides is 1. The third-order valence-electron chi connectivity index (χ3n) is 5.84. The zero-order chi connectivity index (χ0) is 24.9. The van der Waals surface area contributed by atoms with Crippen LogP contribution in [-0.4, -0.2) is 26.9 Å². The number of carbonyl (C=O) groups is 1. The van der Waals surface area contributed by atoms with Crippen LogP contribution in [0.2, 0.25) is 5.02 Å². The summed E-state index contributed by atoms with van der Waals surface area (Å²) in [5, 5.41) is 3.38. The van der Waals surface area contributed by atoms with E-state index in [0.717, 1.165) is 4.31 Å². The minimum Gasteiger partial charge on any atom is -0.352 e. The van der Waals surface area contributed by atoms with E-state index in [9.17, 15) is 13.2 Å². The second-order valence-electron chi connectivity index (χ2n) is 9.18. The molecular formula is C27H31ClN2O3S. The summed E-state index contributed by atoms with van der Waals surface area (Å²) in [5.41, 5.74) is 2.10. The maximum atomic E-state index is 13.5. The van der Waals surface area contributed by atoms with E-state index >= 15 is 0 Å². The van der Waals surface area contributed by atoms with Crippen LogP contribution in [0.25, 0.3) is 0 Å². The highest BCUT2D eigenvalue weighted by Gasteiger charge is 2.30. The molecule has 0 aromatic heterocycles. The van der Waals surface area contributed by atoms with E-state index in [1.165, 1.54) is 17.7 Å². The van der Waals surface area contributed by atoms with Crippen LogP contribution in [0.3, 0.4) is 0 Å². The summed E-state index contributed by atoms with van der Waals surface area (Å²) >= 11 is 6.19. The van der Waals surface area contributed by atoms with Crippen molar-refractivity contribution in [2.45, 2.75) is 50.5 Å². The molecule has 0 fully saturated rings. The maximum absolute atomic E-state index is 13.5. The number of hydrogen-bond donors (Lipinski definition) is 1. The van der Waals surface area contributed by atoms with Crippen molar-refractivity contribution >= 4 is 33.2 Å². The molecule has 34 heavy (non-hydrogen) atoms. The van der Waals surface area contributed by atoms with Gasteiger partial charge in [0.15, 0.2) is 0 Å². The molecular weight excluding hydrogens is 468 g/mol. The number of aryl methyl sites for hydroxylation is 1. The van der Waals surface area contributed by atoms with Crippen LogP contribution >= 0.6 is 11.6 Å². The van der Waals surface area contributed by atoms with Gasteiger partial charge < -0.3 is 5.32 Å². The molecule has 7 heteroatoms. The lowest BCUT2D eigenvalue weighted by molar-refractivity contribution is -0.120. The highest BCUT2D eigenvalue weighted by atomic mass is 35.5. The molecule has 5 nitrogen and oxygen atoms in total. The molecule has 3 rings (SSSR count). The number of nitrogens with one attached hydrogen (secondary N) is 1. The zero-order valence-electron chi connectivity index (χ0n) is 20.0. The average Bonchev–Trinajstić information content (AvgIpc) is 2.80. The van der Waals surface area contributed by atoms with Gasteiger partial charge in [0.05, 0.1) is 10.6 Å². The highest BCUT2D eigenvalue weighted by molar-refractivity contribution is 7.92. The number of rotatable bonds is 9. The van der Waals surface area contributed by atoms with E-state index in [1.807, 2.05) is 25.1 Å². The standard InChI is InChI=1S/C27H31ClN2O3S/c1-20-15-16-23(28)17-25(20)30(34(32,33)24-13-9-6-10-14-24)19-26(31)29-21(2)18-27(3,4)22-11-7-5-8-12-22/h5-17,21H,18-19H2,1-4H3,(H,29,31). The summed E-state index contributed by atoms with van der Waals surface area (Å²) in [7, 11) is -3.99. The van der Waals surface area contributed by atoms with Gasteiger partial charge in [0.1, 0.15) is 6.54 Å². The molecule has 0 radical (unpaired) electrons. The van der Waals surface area contributed by atoms with Crippen LogP contribution in [0, 0.1) is 6.92 Å². The Labute approximate surface area is 207 Å². The van der Waals surface area contributed by atoms with E-state index in [1.54, 1.807) is 43.3 Å². The minimum absolute atomic E-state index is 0.112. The van der Waals surface area contributed by atoms with Gasteiger partial charge in [-0.2, -0.15) is 0 Å². The molecule has 0 aliphatic carbocycles. The third-order valence-corrected chi connectivity index (χ3v) is 7.85. The fraction of sp³-hybridized carbons (Fsp3) is 0.296. The Morgan fingerprint density at radius 3 is 2.21 bits per heavy atom. The van der Waals surface area contributed by atoms with E-state index in [4.69, 9.17) is 11.6 Å². The first-order valence-electron chi connectivity index (χ1n) is 11.2. The van der Waals surface area contributed by atoms with Crippen LogP contribution in [-0.2, 0) is 20.2 Å². The Bertz CT molecular complexity index is 1230. The van der Waals surface area contributed by atoms with Crippen molar-refractivity contribution in [3.05, 3.63) is 95.0 Å². The number of nitrogens with zero attached hydrogens (tertiary/aromatic N) is 1. The Kier molecular flexibility index (Phi) is 8.05. The predicted molar refractivity (Wildman–Crippen MR) is 139 cm³/mol. The lowest BCUT2D eigenvalue weighted by Crippen LogP contribution is -2.45. The van der Waals surface area contributed by atoms with Gasteiger partial charge in [0.2, 0.25) is 5.91 Å². The molecule has 1 amide bonds. The lowest BCUT2D eigenvalue weighted by Gasteiger charge is -2.30. The van der Waals surface area contributed by atoms with Gasteiger partial charge in [-0.25, -0.2) is 8.42 Å². The topological polar surface area (TPSA) is 66.5 Å². The van der Waals surface area contributed by atoms with Crippen molar-refractivity contribution in [1.29, 1.82) is 0 Å². The molecule has 3 aromatic rings. The number of halogens is 1. The molecule has 1 unspecified atom stereocenters. The number of anilines is 1. The normalized spacial score (nSPS) is 12.7. The molecule has 0 spiro atoms. The van der Waals surface area contributed by atoms with Crippen LogP contribution in [0.15, 0.2) is 83.8 Å². The molecule has 1 atom stereocenters. The maximum Gasteiger partial charge on any atom is 0.264 e. The van der Waals surface area contributed by atoms with Crippen molar-refractivity contribution in [3.8, 4) is 0 Å². The molecule has 1 N–H and O–H groups in total. The SMILES string of the molecule is Cc1ccc(Cl)cc1N(CC(=O)NC(C)CC(C)(C)c1ccccc1)S(=O)(=O)c1ccccc1. The summed E-state index contributed by atoms with van der Waals surface area (Å²) in [5.74, 6) is -0.379. The van der Waals surface area contributed by atoms with E-state index < -0.39 is 10.0 Å². The number of hydrogen-bond acceptors (Lipinski definition) is 3. The Hall–Kier alpha value is -2.83. The molecule has 0 aliphatic heterocycles. The van der Waals surface area contributed by atoms with Gasteiger partial charge >= 0.3 is 0 Å². The van der Waals surface area contributed by atoms with Crippen LogP contribution in [0.1, 0.15) is 38.3 Å². The molecule has 0 aliphatic rings. The first-order chi connectivity index (χ1) is 16.0. The number of amides is 1. The monoisotopic (exact) mass is 498 g/mol. The Morgan fingerprint density at radius 2 is 1.59 bits per heavy atom.